The number of methoxy groups -OCH3 is 1. The van der Waals surface area contributed by atoms with Crippen molar-refractivity contribution in [1.82, 2.24) is 9.80 Å². The molecule has 0 bridgehead atoms. The molecular weight excluding hydrogens is 381 g/mol. The zero-order chi connectivity index (χ0) is 21.5. The molecule has 0 saturated carbocycles. The highest BCUT2D eigenvalue weighted by atomic mass is 19.1. The van der Waals surface area contributed by atoms with Crippen LogP contribution in [0.3, 0.4) is 0 Å². The number of urea groups is 1. The Morgan fingerprint density at radius 1 is 1.27 bits per heavy atom. The third-order valence-corrected chi connectivity index (χ3v) is 5.79. The first kappa shape index (κ1) is 22.1. The van der Waals surface area contributed by atoms with Crippen LogP contribution in [-0.4, -0.2) is 56.2 Å². The Morgan fingerprint density at radius 3 is 2.73 bits per heavy atom. The molecule has 30 heavy (non-hydrogen) atoms. The highest BCUT2D eigenvalue weighted by molar-refractivity contribution is 5.90. The number of nitrogens with one attached hydrogen (secondary N) is 1. The van der Waals surface area contributed by atoms with Gasteiger partial charge in [-0.1, -0.05) is 12.1 Å². The van der Waals surface area contributed by atoms with Crippen LogP contribution in [0.25, 0.3) is 0 Å². The van der Waals surface area contributed by atoms with E-state index in [1.165, 1.54) is 12.1 Å². The number of ether oxygens (including phenoxy) is 1. The number of carbonyl (C=O) groups is 1. The number of hydrogen-bond donors (Lipinski definition) is 1. The molecular formula is C24H32FN3O2. The predicted octanol–water partition coefficient (Wildman–Crippen LogP) is 4.56. The lowest BCUT2D eigenvalue weighted by Crippen LogP contribution is -2.43. The maximum atomic E-state index is 13.1. The van der Waals surface area contributed by atoms with Gasteiger partial charge in [0, 0.05) is 32.4 Å². The van der Waals surface area contributed by atoms with Crippen LogP contribution in [0.1, 0.15) is 24.0 Å². The van der Waals surface area contributed by atoms with E-state index in [4.69, 9.17) is 4.74 Å². The van der Waals surface area contributed by atoms with Crippen LogP contribution in [0.15, 0.2) is 42.5 Å². The van der Waals surface area contributed by atoms with Crippen LogP contribution in [0, 0.1) is 18.7 Å². The molecule has 2 amide bonds. The van der Waals surface area contributed by atoms with E-state index >= 15 is 0 Å². The van der Waals surface area contributed by atoms with Crippen LogP contribution in [0.2, 0.25) is 0 Å². The van der Waals surface area contributed by atoms with Gasteiger partial charge in [-0.25, -0.2) is 9.18 Å². The number of piperidine rings is 1. The van der Waals surface area contributed by atoms with Gasteiger partial charge in [0.2, 0.25) is 0 Å². The fourth-order valence-corrected chi connectivity index (χ4v) is 4.03. The van der Waals surface area contributed by atoms with E-state index in [1.54, 1.807) is 12.0 Å². The monoisotopic (exact) mass is 413 g/mol. The lowest BCUT2D eigenvalue weighted by Gasteiger charge is -2.34. The molecule has 1 heterocycles. The fourth-order valence-electron chi connectivity index (χ4n) is 4.03. The number of anilines is 1. The summed E-state index contributed by atoms with van der Waals surface area (Å²) in [5.41, 5.74) is 2.93. The Morgan fingerprint density at radius 2 is 2.03 bits per heavy atom. The summed E-state index contributed by atoms with van der Waals surface area (Å²) in [6, 6.07) is 12.3. The summed E-state index contributed by atoms with van der Waals surface area (Å²) in [7, 11) is 3.49. The van der Waals surface area contributed by atoms with Gasteiger partial charge in [0.05, 0.1) is 7.11 Å². The summed E-state index contributed by atoms with van der Waals surface area (Å²) in [5, 5.41) is 3.00. The second kappa shape index (κ2) is 10.4. The van der Waals surface area contributed by atoms with Crippen molar-refractivity contribution >= 4 is 11.7 Å². The molecule has 1 unspecified atom stereocenters. The molecule has 3 rings (SSSR count). The van der Waals surface area contributed by atoms with E-state index in [0.29, 0.717) is 5.92 Å². The summed E-state index contributed by atoms with van der Waals surface area (Å²) < 4.78 is 18.3. The lowest BCUT2D eigenvalue weighted by atomic mass is 9.97. The van der Waals surface area contributed by atoms with E-state index in [2.05, 4.69) is 10.2 Å². The van der Waals surface area contributed by atoms with Crippen LogP contribution in [-0.2, 0) is 6.42 Å². The first-order chi connectivity index (χ1) is 14.4. The molecule has 2 aromatic carbocycles. The minimum Gasteiger partial charge on any atom is -0.497 e. The molecule has 5 nitrogen and oxygen atoms in total. The van der Waals surface area contributed by atoms with Crippen molar-refractivity contribution in [2.75, 3.05) is 45.7 Å². The number of benzene rings is 2. The number of aryl methyl sites for hydroxylation is 1. The third-order valence-electron chi connectivity index (χ3n) is 5.79. The van der Waals surface area contributed by atoms with Gasteiger partial charge in [0.25, 0.3) is 0 Å². The van der Waals surface area contributed by atoms with E-state index < -0.39 is 0 Å². The molecule has 1 aliphatic heterocycles. The maximum absolute atomic E-state index is 13.1. The molecule has 0 spiro atoms. The zero-order valence-electron chi connectivity index (χ0n) is 18.2. The lowest BCUT2D eigenvalue weighted by molar-refractivity contribution is 0.150. The first-order valence-electron chi connectivity index (χ1n) is 10.6. The van der Waals surface area contributed by atoms with Crippen LogP contribution >= 0.6 is 0 Å². The van der Waals surface area contributed by atoms with Gasteiger partial charge < -0.3 is 19.9 Å². The van der Waals surface area contributed by atoms with E-state index in [-0.39, 0.29) is 11.8 Å². The van der Waals surface area contributed by atoms with Gasteiger partial charge >= 0.3 is 6.03 Å². The second-order valence-corrected chi connectivity index (χ2v) is 8.18. The Hall–Kier alpha value is -2.60. The van der Waals surface area contributed by atoms with Gasteiger partial charge in [0.1, 0.15) is 11.6 Å². The van der Waals surface area contributed by atoms with E-state index in [9.17, 15) is 9.18 Å². The Kier molecular flexibility index (Phi) is 7.69. The number of amides is 2. The Bertz CT molecular complexity index is 841. The van der Waals surface area contributed by atoms with Crippen molar-refractivity contribution in [3.63, 3.8) is 0 Å². The van der Waals surface area contributed by atoms with Crippen molar-refractivity contribution in [3.8, 4) is 5.75 Å². The van der Waals surface area contributed by atoms with E-state index in [1.807, 2.05) is 44.3 Å². The summed E-state index contributed by atoms with van der Waals surface area (Å²) >= 11 is 0. The largest absolute Gasteiger partial charge is 0.497 e. The predicted molar refractivity (Wildman–Crippen MR) is 119 cm³/mol. The third kappa shape index (κ3) is 6.20. The molecule has 1 N–H and O–H groups in total. The number of hydrogen-bond acceptors (Lipinski definition) is 3. The minimum atomic E-state index is -0.192. The van der Waals surface area contributed by atoms with Gasteiger partial charge in [-0.3, -0.25) is 0 Å². The van der Waals surface area contributed by atoms with Crippen molar-refractivity contribution in [2.24, 2.45) is 5.92 Å². The van der Waals surface area contributed by atoms with Crippen LogP contribution < -0.4 is 10.1 Å². The quantitative estimate of drug-likeness (QED) is 0.724. The first-order valence-corrected chi connectivity index (χ1v) is 10.6. The fraction of sp³-hybridized carbons (Fsp3) is 0.458. The van der Waals surface area contributed by atoms with Crippen molar-refractivity contribution < 1.29 is 13.9 Å². The Balaban J connectivity index is 1.47. The van der Waals surface area contributed by atoms with Crippen molar-refractivity contribution in [3.05, 3.63) is 59.4 Å². The summed E-state index contributed by atoms with van der Waals surface area (Å²) in [5.74, 6) is 1.05. The van der Waals surface area contributed by atoms with Crippen molar-refractivity contribution in [2.45, 2.75) is 26.2 Å². The van der Waals surface area contributed by atoms with Gasteiger partial charge in [-0.05, 0) is 80.1 Å². The molecule has 2 aromatic rings. The number of nitrogens with zero attached hydrogens (tertiary/aromatic N) is 2. The van der Waals surface area contributed by atoms with Crippen LogP contribution in [0.5, 0.6) is 5.75 Å². The van der Waals surface area contributed by atoms with Gasteiger partial charge in [0.15, 0.2) is 0 Å². The molecule has 1 atom stereocenters. The number of halogens is 1. The summed E-state index contributed by atoms with van der Waals surface area (Å²) in [4.78, 5) is 16.9. The van der Waals surface area contributed by atoms with Gasteiger partial charge in [-0.15, -0.1) is 0 Å². The molecule has 1 saturated heterocycles. The molecule has 6 heteroatoms. The Labute approximate surface area is 178 Å². The molecule has 162 valence electrons. The summed E-state index contributed by atoms with van der Waals surface area (Å²) in [6.07, 6.45) is 3.19. The molecule has 1 aliphatic rings. The molecule has 1 fully saturated rings. The average molecular weight is 414 g/mol. The SMILES string of the molecule is COc1ccc(NC(=O)N(C)CC2CCCN(CCc3ccc(F)cc3)C2)c(C)c1. The smallest absolute Gasteiger partial charge is 0.321 e. The normalized spacial score (nSPS) is 16.9. The molecule has 0 radical (unpaired) electrons. The molecule has 0 aromatic heterocycles. The standard InChI is InChI=1S/C24H32FN3O2/c1-18-15-22(30-3)10-11-23(18)26-24(29)27(2)16-20-5-4-13-28(17-20)14-12-19-6-8-21(25)9-7-19/h6-11,15,20H,4-5,12-14,16-17H2,1-3H3,(H,26,29). The molecule has 0 aliphatic carbocycles. The number of likely N-dealkylation sites (tertiary alicyclic amines) is 1. The summed E-state index contributed by atoms with van der Waals surface area (Å²) in [6.45, 7) is 5.72. The van der Waals surface area contributed by atoms with Gasteiger partial charge in [-0.2, -0.15) is 0 Å². The van der Waals surface area contributed by atoms with Crippen LogP contribution in [0.4, 0.5) is 14.9 Å². The number of rotatable bonds is 7. The maximum Gasteiger partial charge on any atom is 0.321 e. The minimum absolute atomic E-state index is 0.0910. The second-order valence-electron chi connectivity index (χ2n) is 8.18. The van der Waals surface area contributed by atoms with Crippen molar-refractivity contribution in [1.29, 1.82) is 0 Å². The number of carbonyl (C=O) groups excluding carboxylic acids is 1. The highest BCUT2D eigenvalue weighted by Crippen LogP contribution is 2.22. The highest BCUT2D eigenvalue weighted by Gasteiger charge is 2.23. The zero-order valence-corrected chi connectivity index (χ0v) is 18.2. The topological polar surface area (TPSA) is 44.8 Å². The van der Waals surface area contributed by atoms with E-state index in [0.717, 1.165) is 68.0 Å². The average Bonchev–Trinajstić information content (AvgIpc) is 2.75.